The summed E-state index contributed by atoms with van der Waals surface area (Å²) in [6.07, 6.45) is 0. The van der Waals surface area contributed by atoms with Crippen molar-refractivity contribution in [2.75, 3.05) is 5.62 Å². The number of hydrogen-bond acceptors (Lipinski definition) is 1. The lowest BCUT2D eigenvalue weighted by molar-refractivity contribution is 1.63. The molecule has 0 aliphatic heterocycles. The zero-order valence-corrected chi connectivity index (χ0v) is 4.82. The molecule has 0 spiro atoms. The van der Waals surface area contributed by atoms with Gasteiger partial charge in [0.25, 0.3) is 0 Å². The molecule has 5 heavy (non-hydrogen) atoms. The lowest BCUT2D eigenvalue weighted by Gasteiger charge is -1.53. The van der Waals surface area contributed by atoms with Gasteiger partial charge in [-0.05, 0) is 0 Å². The van der Waals surface area contributed by atoms with E-state index < -0.39 is 7.07 Å². The summed E-state index contributed by atoms with van der Waals surface area (Å²) >= 11 is 10.1. The van der Waals surface area contributed by atoms with Crippen molar-refractivity contribution in [3.8, 4) is 0 Å². The highest BCUT2D eigenvalue weighted by Crippen LogP contribution is 2.27. The van der Waals surface area contributed by atoms with E-state index in [4.69, 9.17) is 28.0 Å². The molecule has 0 rings (SSSR count). The van der Waals surface area contributed by atoms with Crippen LogP contribution in [0, 0.1) is 5.16 Å². The van der Waals surface area contributed by atoms with Crippen LogP contribution in [0.1, 0.15) is 0 Å². The third-order valence-electron chi connectivity index (χ3n) is 0.105. The van der Waals surface area contributed by atoms with Crippen molar-refractivity contribution in [2.45, 2.75) is 0 Å². The van der Waals surface area contributed by atoms with Crippen molar-refractivity contribution in [2.24, 2.45) is 0 Å². The first kappa shape index (κ1) is 5.68. The molecule has 0 aliphatic carbocycles. The van der Waals surface area contributed by atoms with Gasteiger partial charge in [0.2, 0.25) is 5.62 Å². The van der Waals surface area contributed by atoms with E-state index in [1.807, 2.05) is 0 Å². The zero-order chi connectivity index (χ0) is 4.28. The monoisotopic (exact) mass is 130 g/mol. The molecular formula is CH3Cl2NP+. The van der Waals surface area contributed by atoms with Crippen molar-refractivity contribution < 1.29 is 0 Å². The van der Waals surface area contributed by atoms with E-state index in [9.17, 15) is 0 Å². The van der Waals surface area contributed by atoms with Gasteiger partial charge in [0.05, 0.1) is 0 Å². The third-order valence-corrected chi connectivity index (χ3v) is 1.76. The Labute approximate surface area is 41.3 Å². The molecule has 0 radical (unpaired) electrons. The van der Waals surface area contributed by atoms with Crippen LogP contribution in [0.3, 0.4) is 0 Å². The van der Waals surface area contributed by atoms with Gasteiger partial charge < -0.3 is 0 Å². The second-order valence-electron chi connectivity index (χ2n) is 0.482. The molecule has 30 valence electrons. The van der Waals surface area contributed by atoms with Crippen LogP contribution in [0.15, 0.2) is 0 Å². The van der Waals surface area contributed by atoms with Crippen LogP contribution in [-0.4, -0.2) is 5.62 Å². The molecule has 0 heterocycles. The fraction of sp³-hybridized carbons (Fsp3) is 1.00. The van der Waals surface area contributed by atoms with Gasteiger partial charge in [0.15, 0.2) is 11.2 Å². The Kier molecular flexibility index (Phi) is 3.29. The number of halogens is 2. The Morgan fingerprint density at radius 2 is 2.00 bits per heavy atom. The molecule has 1 atom stereocenters. The molecular weight excluding hydrogens is 128 g/mol. The van der Waals surface area contributed by atoms with Crippen molar-refractivity contribution in [3.05, 3.63) is 0 Å². The van der Waals surface area contributed by atoms with Crippen molar-refractivity contribution in [3.63, 3.8) is 0 Å². The normalized spacial score (nSPS) is 11.2. The standard InChI is InChI=1S/CH3Cl2NP/c2-1-5(3)4/h4H,1H2/q+1. The fourth-order valence-electron chi connectivity index (χ4n) is 0. The largest absolute Gasteiger partial charge is 0.329 e. The highest BCUT2D eigenvalue weighted by molar-refractivity contribution is 7.75. The van der Waals surface area contributed by atoms with Crippen LogP contribution in [0.5, 0.6) is 0 Å². The molecule has 1 N–H and O–H groups in total. The zero-order valence-electron chi connectivity index (χ0n) is 2.41. The van der Waals surface area contributed by atoms with Gasteiger partial charge in [0, 0.05) is 0 Å². The first-order chi connectivity index (χ1) is 2.27. The molecule has 0 saturated heterocycles. The Hall–Kier alpha value is 0.680. The second kappa shape index (κ2) is 2.89. The molecule has 1 unspecified atom stereocenters. The van der Waals surface area contributed by atoms with E-state index in [2.05, 4.69) is 0 Å². The highest BCUT2D eigenvalue weighted by Gasteiger charge is 1.95. The molecule has 0 bridgehead atoms. The van der Waals surface area contributed by atoms with Gasteiger partial charge in [-0.1, -0.05) is 11.6 Å². The molecule has 0 fully saturated rings. The minimum Gasteiger partial charge on any atom is -0.106 e. The predicted molar refractivity (Wildman–Crippen MR) is 26.2 cm³/mol. The smallest absolute Gasteiger partial charge is 0.106 e. The Bertz CT molecular complexity index is 44.9. The van der Waals surface area contributed by atoms with Crippen LogP contribution in [0.4, 0.5) is 0 Å². The number of nitrogens with one attached hydrogen (secondary N) is 1. The first-order valence-corrected chi connectivity index (χ1v) is 3.94. The SMILES string of the molecule is N=[P+](Cl)CCl. The van der Waals surface area contributed by atoms with Crippen LogP contribution in [0.25, 0.3) is 0 Å². The maximum Gasteiger partial charge on any atom is 0.329 e. The van der Waals surface area contributed by atoms with Crippen LogP contribution in [0.2, 0.25) is 0 Å². The average Bonchev–Trinajstić information content (AvgIpc) is 1.38. The van der Waals surface area contributed by atoms with Crippen LogP contribution < -0.4 is 0 Å². The second-order valence-corrected chi connectivity index (χ2v) is 3.39. The van der Waals surface area contributed by atoms with Crippen molar-refractivity contribution in [1.82, 2.24) is 0 Å². The van der Waals surface area contributed by atoms with Gasteiger partial charge in [-0.25, -0.2) is 0 Å². The van der Waals surface area contributed by atoms with Crippen LogP contribution in [-0.2, 0) is 0 Å². The molecule has 0 aliphatic rings. The quantitative estimate of drug-likeness (QED) is 0.417. The molecule has 4 heteroatoms. The van der Waals surface area contributed by atoms with E-state index in [-0.39, 0.29) is 5.62 Å². The number of hydrogen-bond donors (Lipinski definition) is 1. The van der Waals surface area contributed by atoms with E-state index in [0.29, 0.717) is 0 Å². The van der Waals surface area contributed by atoms with Crippen molar-refractivity contribution in [1.29, 1.82) is 5.16 Å². The van der Waals surface area contributed by atoms with Gasteiger partial charge in [-0.2, -0.15) is 0 Å². The maximum absolute atomic E-state index is 6.52. The summed E-state index contributed by atoms with van der Waals surface area (Å²) in [6, 6.07) is 0. The first-order valence-electron chi connectivity index (χ1n) is 0.976. The average molecular weight is 131 g/mol. The van der Waals surface area contributed by atoms with E-state index in [0.717, 1.165) is 0 Å². The van der Waals surface area contributed by atoms with Gasteiger partial charge in [0.1, 0.15) is 0 Å². The molecule has 1 nitrogen and oxygen atoms in total. The summed E-state index contributed by atoms with van der Waals surface area (Å²) in [6.45, 7) is 0. The van der Waals surface area contributed by atoms with Crippen LogP contribution >= 0.6 is 29.9 Å². The minimum absolute atomic E-state index is 0.275. The summed E-state index contributed by atoms with van der Waals surface area (Å²) in [5.74, 6) is 0. The molecule has 0 saturated carbocycles. The fourth-order valence-corrected chi connectivity index (χ4v) is 0. The summed E-state index contributed by atoms with van der Waals surface area (Å²) in [7, 11) is -1.11. The maximum atomic E-state index is 6.52. The highest BCUT2D eigenvalue weighted by atomic mass is 35.7. The molecule has 0 aromatic heterocycles. The van der Waals surface area contributed by atoms with E-state index >= 15 is 0 Å². The predicted octanol–water partition coefficient (Wildman–Crippen LogP) is 2.58. The summed E-state index contributed by atoms with van der Waals surface area (Å²) in [4.78, 5) is 0. The van der Waals surface area contributed by atoms with Crippen molar-refractivity contribution >= 4 is 29.9 Å². The topological polar surface area (TPSA) is 23.9 Å². The van der Waals surface area contributed by atoms with E-state index in [1.54, 1.807) is 0 Å². The summed E-state index contributed by atoms with van der Waals surface area (Å²) in [5, 5.41) is 6.52. The van der Waals surface area contributed by atoms with Gasteiger partial charge in [-0.3, -0.25) is 0 Å². The minimum atomic E-state index is -1.11. The Balaban J connectivity index is 2.85. The lowest BCUT2D eigenvalue weighted by Crippen LogP contribution is -1.39. The Morgan fingerprint density at radius 1 is 1.80 bits per heavy atom. The molecule has 0 amide bonds. The summed E-state index contributed by atoms with van der Waals surface area (Å²) < 4.78 is 0. The summed E-state index contributed by atoms with van der Waals surface area (Å²) in [5.41, 5.74) is 0.275. The van der Waals surface area contributed by atoms with E-state index in [1.165, 1.54) is 0 Å². The lowest BCUT2D eigenvalue weighted by atomic mass is 11.9. The molecule has 0 aromatic rings. The third kappa shape index (κ3) is 4.68. The Morgan fingerprint density at radius 3 is 2.00 bits per heavy atom. The molecule has 0 aromatic carbocycles. The number of rotatable bonds is 1. The number of alkyl halides is 1. The van der Waals surface area contributed by atoms with Gasteiger partial charge >= 0.3 is 7.07 Å². The van der Waals surface area contributed by atoms with Gasteiger partial charge in [-0.15, -0.1) is 5.16 Å².